The molecule has 0 fully saturated rings. The minimum Gasteiger partial charge on any atom is -0.225 e. The van der Waals surface area contributed by atoms with E-state index >= 15 is 0 Å². The van der Waals surface area contributed by atoms with E-state index in [1.807, 2.05) is 0 Å². The van der Waals surface area contributed by atoms with Crippen molar-refractivity contribution in [3.63, 3.8) is 0 Å². The van der Waals surface area contributed by atoms with Crippen molar-refractivity contribution in [2.75, 3.05) is 0 Å². The second-order valence-corrected chi connectivity index (χ2v) is 9.71. The summed E-state index contributed by atoms with van der Waals surface area (Å²) in [6.07, 6.45) is 0. The number of sulfonamides is 1. The van der Waals surface area contributed by atoms with Crippen LogP contribution in [0.5, 0.6) is 0 Å². The van der Waals surface area contributed by atoms with Crippen molar-refractivity contribution in [2.45, 2.75) is 43.0 Å². The van der Waals surface area contributed by atoms with Gasteiger partial charge >= 0.3 is 5.51 Å². The summed E-state index contributed by atoms with van der Waals surface area (Å²) in [5.74, 6) is 0. The summed E-state index contributed by atoms with van der Waals surface area (Å²) in [5.41, 5.74) is -3.66. The minimum atomic E-state index is -5.53. The zero-order chi connectivity index (χ0) is 20.9. The molecule has 0 aliphatic heterocycles. The summed E-state index contributed by atoms with van der Waals surface area (Å²) in [6.45, 7) is 6.04. The maximum absolute atomic E-state index is 12.8. The molecule has 0 saturated carbocycles. The molecule has 1 radical (unpaired) electrons. The second-order valence-electron chi connectivity index (χ2n) is 6.24. The lowest BCUT2D eigenvalue weighted by atomic mass is 9.92. The van der Waals surface area contributed by atoms with Crippen molar-refractivity contribution in [1.29, 1.82) is 0 Å². The molecule has 0 atom stereocenters. The van der Waals surface area contributed by atoms with Crippen LogP contribution in [0.1, 0.15) is 22.3 Å². The Balaban J connectivity index is 2.89. The molecule has 147 valence electrons. The predicted molar refractivity (Wildman–Crippen MR) is 94.3 cm³/mol. The second kappa shape index (κ2) is 6.61. The zero-order valence-electron chi connectivity index (χ0n) is 14.9. The molecule has 0 amide bonds. The fourth-order valence-electron chi connectivity index (χ4n) is 2.99. The number of hydrogen-bond acceptors (Lipinski definition) is 4. The molecule has 2 aromatic carbocycles. The molecule has 5 nitrogen and oxygen atoms in total. The Morgan fingerprint density at radius 1 is 0.889 bits per heavy atom. The number of alkyl halides is 3. The van der Waals surface area contributed by atoms with Crippen LogP contribution in [0.25, 0.3) is 11.1 Å². The maximum Gasteiger partial charge on any atom is 0.501 e. The number of benzene rings is 2. The van der Waals surface area contributed by atoms with E-state index in [0.29, 0.717) is 16.7 Å². The molecule has 0 spiro atoms. The summed E-state index contributed by atoms with van der Waals surface area (Å²) < 4.78 is 86.0. The summed E-state index contributed by atoms with van der Waals surface area (Å²) in [4.78, 5) is -1.10. The number of rotatable bonds is 3. The predicted octanol–water partition coefficient (Wildman–Crippen LogP) is 3.33. The highest BCUT2D eigenvalue weighted by molar-refractivity contribution is 7.92. The molecule has 27 heavy (non-hydrogen) atoms. The molecule has 0 bridgehead atoms. The monoisotopic (exact) mass is 420 g/mol. The van der Waals surface area contributed by atoms with E-state index in [9.17, 15) is 30.0 Å². The summed E-state index contributed by atoms with van der Waals surface area (Å²) in [6, 6.07) is 6.02. The molecular weight excluding hydrogens is 403 g/mol. The zero-order valence-corrected chi connectivity index (χ0v) is 16.5. The number of hydrogen-bond donors (Lipinski definition) is 1. The normalized spacial score (nSPS) is 13.0. The van der Waals surface area contributed by atoms with Crippen LogP contribution in [-0.4, -0.2) is 22.3 Å². The Labute approximate surface area is 156 Å². The van der Waals surface area contributed by atoms with E-state index in [0.717, 1.165) is 12.1 Å². The van der Waals surface area contributed by atoms with Gasteiger partial charge in [0.25, 0.3) is 9.84 Å². The van der Waals surface area contributed by atoms with Gasteiger partial charge in [0.1, 0.15) is 0 Å². The smallest absolute Gasteiger partial charge is 0.225 e. The topological polar surface area (TPSA) is 94.3 Å². The van der Waals surface area contributed by atoms with Crippen LogP contribution in [0.15, 0.2) is 28.0 Å². The molecule has 0 unspecified atom stereocenters. The van der Waals surface area contributed by atoms with Crippen LogP contribution in [0.3, 0.4) is 0 Å². The molecule has 2 N–H and O–H groups in total. The first-order valence-corrected chi connectivity index (χ1v) is 10.6. The first kappa shape index (κ1) is 21.4. The summed E-state index contributed by atoms with van der Waals surface area (Å²) >= 11 is 0. The lowest BCUT2D eigenvalue weighted by molar-refractivity contribution is -0.0436. The Morgan fingerprint density at radius 2 is 1.37 bits per heavy atom. The van der Waals surface area contributed by atoms with E-state index in [-0.39, 0.29) is 21.6 Å². The van der Waals surface area contributed by atoms with Gasteiger partial charge in [-0.05, 0) is 79.8 Å². The molecule has 0 heterocycles. The van der Waals surface area contributed by atoms with E-state index < -0.39 is 30.3 Å². The number of primary sulfonamides is 1. The molecule has 0 aliphatic carbocycles. The van der Waals surface area contributed by atoms with Crippen LogP contribution in [0.2, 0.25) is 0 Å². The van der Waals surface area contributed by atoms with E-state index in [1.165, 1.54) is 19.9 Å². The summed E-state index contributed by atoms with van der Waals surface area (Å²) in [7, 11) is -9.67. The van der Waals surface area contributed by atoms with Gasteiger partial charge in [0, 0.05) is 5.56 Å². The maximum atomic E-state index is 12.8. The van der Waals surface area contributed by atoms with Crippen LogP contribution >= 0.6 is 0 Å². The van der Waals surface area contributed by atoms with Crippen molar-refractivity contribution in [1.82, 2.24) is 0 Å². The average molecular weight is 420 g/mol. The Morgan fingerprint density at radius 3 is 1.78 bits per heavy atom. The van der Waals surface area contributed by atoms with Gasteiger partial charge in [0.2, 0.25) is 10.0 Å². The van der Waals surface area contributed by atoms with Gasteiger partial charge in [-0.2, -0.15) is 13.2 Å². The van der Waals surface area contributed by atoms with Crippen molar-refractivity contribution in [2.24, 2.45) is 5.14 Å². The highest BCUT2D eigenvalue weighted by atomic mass is 32.2. The molecular formula is C17H17F3NO4S2. The molecule has 0 aromatic heterocycles. The highest BCUT2D eigenvalue weighted by Gasteiger charge is 2.47. The fourth-order valence-corrected chi connectivity index (χ4v) is 4.80. The van der Waals surface area contributed by atoms with Gasteiger partial charge in [0.15, 0.2) is 0 Å². The van der Waals surface area contributed by atoms with Gasteiger partial charge in [-0.15, -0.1) is 0 Å². The van der Waals surface area contributed by atoms with Gasteiger partial charge in [-0.25, -0.2) is 22.0 Å². The standard InChI is InChI=1S/C17H17F3NO4S2/c1-9-5-10(2)16(14(6-9)27(21,24)25)15-11(3)7-13(8-12(15)4)26(22,23)17(18,19)20/h6-8H,1-4H3,(H2,21,24,25). The fraction of sp³-hybridized carbons (Fsp3) is 0.294. The largest absolute Gasteiger partial charge is 0.501 e. The van der Waals surface area contributed by atoms with Crippen molar-refractivity contribution >= 4 is 19.9 Å². The van der Waals surface area contributed by atoms with E-state index in [1.54, 1.807) is 13.8 Å². The first-order valence-electron chi connectivity index (χ1n) is 7.56. The average Bonchev–Trinajstić information content (AvgIpc) is 2.45. The number of halogens is 3. The van der Waals surface area contributed by atoms with Gasteiger partial charge in [-0.3, -0.25) is 0 Å². The SMILES string of the molecule is Cc1[c]c(C)c(-c2c(C)cc(S(=O)(=O)C(F)(F)F)cc2C)c(S(N)(=O)=O)c1. The van der Waals surface area contributed by atoms with Gasteiger partial charge < -0.3 is 0 Å². The van der Waals surface area contributed by atoms with Crippen molar-refractivity contribution < 1.29 is 30.0 Å². The van der Waals surface area contributed by atoms with E-state index in [2.05, 4.69) is 6.07 Å². The minimum absolute atomic E-state index is 0.170. The number of sulfone groups is 1. The van der Waals surface area contributed by atoms with Crippen LogP contribution in [0.4, 0.5) is 13.2 Å². The molecule has 10 heteroatoms. The van der Waals surface area contributed by atoms with E-state index in [4.69, 9.17) is 5.14 Å². The van der Waals surface area contributed by atoms with Crippen LogP contribution < -0.4 is 5.14 Å². The lowest BCUT2D eigenvalue weighted by Crippen LogP contribution is -2.23. The Bertz CT molecular complexity index is 1110. The summed E-state index contributed by atoms with van der Waals surface area (Å²) in [5, 5.41) is 5.30. The highest BCUT2D eigenvalue weighted by Crippen LogP contribution is 2.38. The number of aryl methyl sites for hydroxylation is 4. The quantitative estimate of drug-likeness (QED) is 0.824. The van der Waals surface area contributed by atoms with Gasteiger partial charge in [0.05, 0.1) is 9.79 Å². The Hall–Kier alpha value is -1.91. The van der Waals surface area contributed by atoms with Crippen LogP contribution in [-0.2, 0) is 19.9 Å². The third-order valence-corrected chi connectivity index (χ3v) is 6.43. The third-order valence-electron chi connectivity index (χ3n) is 4.03. The first-order chi connectivity index (χ1) is 12.1. The molecule has 0 saturated heterocycles. The van der Waals surface area contributed by atoms with Crippen LogP contribution in [0, 0.1) is 33.8 Å². The van der Waals surface area contributed by atoms with Gasteiger partial charge in [-0.1, -0.05) is 0 Å². The Kier molecular flexibility index (Phi) is 5.23. The van der Waals surface area contributed by atoms with Crippen molar-refractivity contribution in [3.05, 3.63) is 46.5 Å². The molecule has 0 aliphatic rings. The third kappa shape index (κ3) is 3.87. The molecule has 2 rings (SSSR count). The van der Waals surface area contributed by atoms with Crippen molar-refractivity contribution in [3.8, 4) is 11.1 Å². The number of nitrogens with two attached hydrogens (primary N) is 1. The molecule has 2 aromatic rings. The lowest BCUT2D eigenvalue weighted by Gasteiger charge is -2.19.